The molecule has 0 aliphatic rings. The summed E-state index contributed by atoms with van der Waals surface area (Å²) in [4.78, 5) is 32.5. The summed E-state index contributed by atoms with van der Waals surface area (Å²) in [5.41, 5.74) is 6.35. The van der Waals surface area contributed by atoms with E-state index in [1.165, 1.54) is 17.8 Å². The molecule has 6 nitrogen and oxygen atoms in total. The average Bonchev–Trinajstić information content (AvgIpc) is 2.42. The monoisotopic (exact) mass is 308 g/mol. The molecule has 0 unspecified atom stereocenters. The first kappa shape index (κ1) is 16.8. The lowest BCUT2D eigenvalue weighted by Gasteiger charge is -2.05. The zero-order chi connectivity index (χ0) is 15.7. The van der Waals surface area contributed by atoms with Crippen LogP contribution in [0.4, 0.5) is 5.69 Å². The molecule has 0 heterocycles. The number of benzene rings is 1. The second-order valence-electron chi connectivity index (χ2n) is 4.11. The van der Waals surface area contributed by atoms with Crippen LogP contribution in [0.2, 0.25) is 0 Å². The van der Waals surface area contributed by atoms with Crippen molar-refractivity contribution in [3.8, 4) is 0 Å². The van der Waals surface area contributed by atoms with Gasteiger partial charge >= 0.3 is 5.97 Å². The van der Waals surface area contributed by atoms with Crippen LogP contribution < -0.4 is 11.1 Å². The van der Waals surface area contributed by atoms with Gasteiger partial charge in [-0.2, -0.15) is 11.8 Å². The minimum Gasteiger partial charge on any atom is -0.478 e. The maximum atomic E-state index is 11.6. The van der Waals surface area contributed by atoms with Crippen molar-refractivity contribution in [2.24, 2.45) is 5.73 Å². The number of carbonyl (C=O) groups is 3. The number of primary amides is 1. The van der Waals surface area contributed by atoms with Crippen LogP contribution in [0.15, 0.2) is 30.3 Å². The van der Waals surface area contributed by atoms with Crippen molar-refractivity contribution in [3.05, 3.63) is 35.9 Å². The van der Waals surface area contributed by atoms with E-state index in [0.29, 0.717) is 17.9 Å². The van der Waals surface area contributed by atoms with Crippen LogP contribution in [0.1, 0.15) is 12.0 Å². The van der Waals surface area contributed by atoms with E-state index in [2.05, 4.69) is 5.32 Å². The van der Waals surface area contributed by atoms with Crippen molar-refractivity contribution in [1.29, 1.82) is 0 Å². The van der Waals surface area contributed by atoms with Crippen molar-refractivity contribution >= 4 is 41.3 Å². The van der Waals surface area contributed by atoms with Gasteiger partial charge in [-0.1, -0.05) is 12.1 Å². The zero-order valence-electron chi connectivity index (χ0n) is 11.2. The van der Waals surface area contributed by atoms with E-state index in [0.717, 1.165) is 11.6 Å². The summed E-state index contributed by atoms with van der Waals surface area (Å²) in [6.07, 6.45) is 2.80. The molecule has 0 bridgehead atoms. The van der Waals surface area contributed by atoms with Crippen molar-refractivity contribution < 1.29 is 19.5 Å². The van der Waals surface area contributed by atoms with Crippen molar-refractivity contribution in [2.75, 3.05) is 16.8 Å². The molecule has 0 aliphatic carbocycles. The number of nitrogens with two attached hydrogens (primary N) is 1. The lowest BCUT2D eigenvalue weighted by Crippen LogP contribution is -2.15. The number of hydrogen-bond acceptors (Lipinski definition) is 4. The summed E-state index contributed by atoms with van der Waals surface area (Å²) in [6, 6.07) is 6.79. The molecule has 0 aliphatic heterocycles. The minimum absolute atomic E-state index is 0.152. The van der Waals surface area contributed by atoms with Gasteiger partial charge in [-0.15, -0.1) is 0 Å². The van der Waals surface area contributed by atoms with Gasteiger partial charge in [0.2, 0.25) is 11.8 Å². The zero-order valence-corrected chi connectivity index (χ0v) is 12.1. The number of rotatable bonds is 8. The Morgan fingerprint density at radius 2 is 1.90 bits per heavy atom. The molecular formula is C14H16N2O4S. The van der Waals surface area contributed by atoms with Crippen molar-refractivity contribution in [2.45, 2.75) is 6.42 Å². The molecule has 112 valence electrons. The van der Waals surface area contributed by atoms with Crippen molar-refractivity contribution in [1.82, 2.24) is 0 Å². The van der Waals surface area contributed by atoms with Crippen LogP contribution in [0, 0.1) is 0 Å². The number of carbonyl (C=O) groups excluding carboxylic acids is 2. The fourth-order valence-corrected chi connectivity index (χ4v) is 2.08. The molecule has 0 atom stereocenters. The van der Waals surface area contributed by atoms with E-state index < -0.39 is 11.9 Å². The normalized spacial score (nSPS) is 10.5. The van der Waals surface area contributed by atoms with Crippen LogP contribution in [0.5, 0.6) is 0 Å². The lowest BCUT2D eigenvalue weighted by atomic mass is 10.2. The maximum Gasteiger partial charge on any atom is 0.328 e. The molecule has 21 heavy (non-hydrogen) atoms. The summed E-state index contributed by atoms with van der Waals surface area (Å²) in [6.45, 7) is 0. The van der Waals surface area contributed by atoms with E-state index in [1.54, 1.807) is 24.3 Å². The number of carboxylic acid groups (broad SMARTS) is 1. The number of amides is 2. The molecule has 0 fully saturated rings. The molecule has 0 saturated heterocycles. The molecule has 2 amide bonds. The molecule has 7 heteroatoms. The van der Waals surface area contributed by atoms with Crippen molar-refractivity contribution in [3.63, 3.8) is 0 Å². The Hall–Kier alpha value is -2.28. The first-order valence-electron chi connectivity index (χ1n) is 6.14. The second kappa shape index (κ2) is 8.80. The number of hydrogen-bond donors (Lipinski definition) is 3. The van der Waals surface area contributed by atoms with Gasteiger partial charge in [0.25, 0.3) is 0 Å². The Kier molecular flexibility index (Phi) is 7.03. The van der Waals surface area contributed by atoms with Gasteiger partial charge in [-0.25, -0.2) is 4.79 Å². The first-order valence-corrected chi connectivity index (χ1v) is 7.30. The SMILES string of the molecule is NC(=O)CSCCC(=O)Nc1ccc(/C=C/C(=O)O)cc1. The summed E-state index contributed by atoms with van der Waals surface area (Å²) in [5.74, 6) is -0.835. The van der Waals surface area contributed by atoms with E-state index in [1.807, 2.05) is 0 Å². The standard InChI is InChI=1S/C14H16N2O4S/c15-12(17)9-21-8-7-13(18)16-11-4-1-10(2-5-11)3-6-14(19)20/h1-6H,7-9H2,(H2,15,17)(H,16,18)(H,19,20)/b6-3+. The molecule has 4 N–H and O–H groups in total. The Morgan fingerprint density at radius 1 is 1.24 bits per heavy atom. The average molecular weight is 308 g/mol. The molecule has 0 spiro atoms. The fraction of sp³-hybridized carbons (Fsp3) is 0.214. The Bertz CT molecular complexity index is 540. The minimum atomic E-state index is -1.01. The highest BCUT2D eigenvalue weighted by atomic mass is 32.2. The quantitative estimate of drug-likeness (QED) is 0.496. The number of carboxylic acids is 1. The molecule has 0 radical (unpaired) electrons. The van der Waals surface area contributed by atoms with Gasteiger partial charge in [0.05, 0.1) is 5.75 Å². The Labute approximate surface area is 126 Å². The van der Waals surface area contributed by atoms with Gasteiger partial charge in [0.1, 0.15) is 0 Å². The number of thioether (sulfide) groups is 1. The van der Waals surface area contributed by atoms with Gasteiger partial charge < -0.3 is 16.2 Å². The van der Waals surface area contributed by atoms with Gasteiger partial charge in [-0.3, -0.25) is 9.59 Å². The number of nitrogens with one attached hydrogen (secondary N) is 1. The highest BCUT2D eigenvalue weighted by Gasteiger charge is 2.03. The van der Waals surface area contributed by atoms with E-state index in [9.17, 15) is 14.4 Å². The summed E-state index contributed by atoms with van der Waals surface area (Å²) in [7, 11) is 0. The molecule has 0 saturated carbocycles. The predicted octanol–water partition coefficient (Wildman–Crippen LogP) is 1.33. The third kappa shape index (κ3) is 7.78. The van der Waals surface area contributed by atoms with Gasteiger partial charge in [0, 0.05) is 23.9 Å². The maximum absolute atomic E-state index is 11.6. The third-order valence-corrected chi connectivity index (χ3v) is 3.31. The lowest BCUT2D eigenvalue weighted by molar-refractivity contribution is -0.131. The number of aliphatic carboxylic acids is 1. The predicted molar refractivity (Wildman–Crippen MR) is 82.9 cm³/mol. The van der Waals surface area contributed by atoms with Crippen LogP contribution in [0.3, 0.4) is 0 Å². The summed E-state index contributed by atoms with van der Waals surface area (Å²) < 4.78 is 0. The third-order valence-electron chi connectivity index (χ3n) is 2.33. The molecular weight excluding hydrogens is 292 g/mol. The molecule has 1 aromatic carbocycles. The molecule has 1 aromatic rings. The molecule has 1 rings (SSSR count). The first-order chi connectivity index (χ1) is 9.97. The van der Waals surface area contributed by atoms with Gasteiger partial charge in [0.15, 0.2) is 0 Å². The van der Waals surface area contributed by atoms with E-state index in [4.69, 9.17) is 10.8 Å². The summed E-state index contributed by atoms with van der Waals surface area (Å²) >= 11 is 1.31. The van der Waals surface area contributed by atoms with Crippen LogP contribution in [-0.2, 0) is 14.4 Å². The largest absolute Gasteiger partial charge is 0.478 e. The fourth-order valence-electron chi connectivity index (χ4n) is 1.41. The van der Waals surface area contributed by atoms with Crippen LogP contribution in [0.25, 0.3) is 6.08 Å². The molecule has 0 aromatic heterocycles. The number of anilines is 1. The van der Waals surface area contributed by atoms with Gasteiger partial charge in [-0.05, 0) is 23.8 Å². The van der Waals surface area contributed by atoms with Crippen LogP contribution in [-0.4, -0.2) is 34.4 Å². The Balaban J connectivity index is 2.39. The summed E-state index contributed by atoms with van der Waals surface area (Å²) in [5, 5.41) is 11.2. The smallest absolute Gasteiger partial charge is 0.328 e. The Morgan fingerprint density at radius 3 is 2.48 bits per heavy atom. The topological polar surface area (TPSA) is 109 Å². The van der Waals surface area contributed by atoms with E-state index in [-0.39, 0.29) is 11.7 Å². The highest BCUT2D eigenvalue weighted by Crippen LogP contribution is 2.12. The van der Waals surface area contributed by atoms with Crippen LogP contribution >= 0.6 is 11.8 Å². The highest BCUT2D eigenvalue weighted by molar-refractivity contribution is 7.99. The second-order valence-corrected chi connectivity index (χ2v) is 5.22. The van der Waals surface area contributed by atoms with E-state index >= 15 is 0 Å².